The average Bonchev–Trinajstić information content (AvgIpc) is 2.43. The fourth-order valence-electron chi connectivity index (χ4n) is 2.77. The predicted octanol–water partition coefficient (Wildman–Crippen LogP) is 3.02. The highest BCUT2D eigenvalue weighted by Crippen LogP contribution is 2.36. The molecule has 0 bridgehead atoms. The van der Waals surface area contributed by atoms with Gasteiger partial charge >= 0.3 is 0 Å². The summed E-state index contributed by atoms with van der Waals surface area (Å²) in [5, 5.41) is 0.590. The third-order valence-electron chi connectivity index (χ3n) is 3.97. The number of hydrogen-bond donors (Lipinski definition) is 0. The maximum Gasteiger partial charge on any atom is 0.195 e. The molecule has 0 radical (unpaired) electrons. The Morgan fingerprint density at radius 3 is 2.75 bits per heavy atom. The molecule has 2 atom stereocenters. The summed E-state index contributed by atoms with van der Waals surface area (Å²) in [6.07, 6.45) is 0.396. The summed E-state index contributed by atoms with van der Waals surface area (Å²) in [7, 11) is 1.60. The smallest absolute Gasteiger partial charge is 0.195 e. The topological polar surface area (TPSA) is 48.7 Å². The third kappa shape index (κ3) is 1.87. The van der Waals surface area contributed by atoms with Crippen molar-refractivity contribution in [2.75, 3.05) is 7.11 Å². The van der Waals surface area contributed by atoms with Crippen LogP contribution in [-0.2, 0) is 15.9 Å². The normalized spacial score (nSPS) is 22.0. The molecule has 0 amide bonds. The second kappa shape index (κ2) is 4.72. The predicted molar refractivity (Wildman–Crippen MR) is 76.0 cm³/mol. The number of rotatable bonds is 1. The van der Waals surface area contributed by atoms with E-state index in [4.69, 9.17) is 13.9 Å². The lowest BCUT2D eigenvalue weighted by Crippen LogP contribution is -2.25. The van der Waals surface area contributed by atoms with Gasteiger partial charge in [0.25, 0.3) is 0 Å². The first-order valence-corrected chi connectivity index (χ1v) is 6.77. The Hall–Kier alpha value is -1.65. The molecule has 0 unspecified atom stereocenters. The van der Waals surface area contributed by atoms with Gasteiger partial charge in [0, 0.05) is 12.7 Å². The summed E-state index contributed by atoms with van der Waals surface area (Å²) in [6, 6.07) is 3.82. The van der Waals surface area contributed by atoms with E-state index in [0.29, 0.717) is 22.3 Å². The first kappa shape index (κ1) is 13.3. The Kier molecular flexibility index (Phi) is 3.15. The number of benzene rings is 1. The summed E-state index contributed by atoms with van der Waals surface area (Å²) in [6.45, 7) is 5.60. The van der Waals surface area contributed by atoms with E-state index >= 15 is 0 Å². The van der Waals surface area contributed by atoms with Crippen molar-refractivity contribution in [2.24, 2.45) is 0 Å². The summed E-state index contributed by atoms with van der Waals surface area (Å²) in [5.74, 6) is 0.643. The van der Waals surface area contributed by atoms with Gasteiger partial charge < -0.3 is 13.9 Å². The molecule has 0 fully saturated rings. The second-order valence-electron chi connectivity index (χ2n) is 5.35. The standard InChI is InChI=1S/C16H18O4/c1-8-7-11-5-6-12-14(17)9(2)10(3)20-15(12)13(11)16(18-4)19-8/h5-6,8,16H,7H2,1-4H3/t8-,16-/m0/s1. The number of ether oxygens (including phenoxy) is 2. The van der Waals surface area contributed by atoms with E-state index in [9.17, 15) is 4.79 Å². The van der Waals surface area contributed by atoms with Gasteiger partial charge in [0.1, 0.15) is 11.3 Å². The van der Waals surface area contributed by atoms with Gasteiger partial charge in [-0.15, -0.1) is 0 Å². The van der Waals surface area contributed by atoms with Crippen molar-refractivity contribution in [3.63, 3.8) is 0 Å². The van der Waals surface area contributed by atoms with Gasteiger partial charge in [0.15, 0.2) is 11.7 Å². The lowest BCUT2D eigenvalue weighted by molar-refractivity contribution is -0.162. The highest BCUT2D eigenvalue weighted by Gasteiger charge is 2.29. The number of fused-ring (bicyclic) bond motifs is 3. The van der Waals surface area contributed by atoms with Crippen LogP contribution in [0.3, 0.4) is 0 Å². The highest BCUT2D eigenvalue weighted by atomic mass is 16.7. The molecular formula is C16H18O4. The summed E-state index contributed by atoms with van der Waals surface area (Å²) in [4.78, 5) is 12.4. The van der Waals surface area contributed by atoms with Crippen LogP contribution in [0.1, 0.15) is 35.7 Å². The Bertz CT molecular complexity index is 729. The number of hydrogen-bond acceptors (Lipinski definition) is 4. The van der Waals surface area contributed by atoms with E-state index in [-0.39, 0.29) is 11.5 Å². The molecule has 4 heteroatoms. The molecule has 0 saturated heterocycles. The molecule has 2 heterocycles. The first-order chi connectivity index (χ1) is 9.52. The van der Waals surface area contributed by atoms with Crippen molar-refractivity contribution in [3.8, 4) is 0 Å². The van der Waals surface area contributed by atoms with Gasteiger partial charge in [-0.1, -0.05) is 6.07 Å². The fourth-order valence-corrected chi connectivity index (χ4v) is 2.77. The van der Waals surface area contributed by atoms with E-state index in [1.165, 1.54) is 0 Å². The maximum absolute atomic E-state index is 12.4. The molecule has 1 aliphatic heterocycles. The lowest BCUT2D eigenvalue weighted by Gasteiger charge is -2.29. The molecular weight excluding hydrogens is 256 g/mol. The zero-order chi connectivity index (χ0) is 14.4. The van der Waals surface area contributed by atoms with Crippen LogP contribution in [0.15, 0.2) is 21.3 Å². The molecule has 20 heavy (non-hydrogen) atoms. The second-order valence-corrected chi connectivity index (χ2v) is 5.35. The van der Waals surface area contributed by atoms with Crippen LogP contribution < -0.4 is 5.43 Å². The molecule has 1 aliphatic rings. The Labute approximate surface area is 117 Å². The molecule has 3 rings (SSSR count). The first-order valence-electron chi connectivity index (χ1n) is 6.77. The van der Waals surface area contributed by atoms with Crippen molar-refractivity contribution >= 4 is 11.0 Å². The van der Waals surface area contributed by atoms with Crippen LogP contribution in [0.5, 0.6) is 0 Å². The summed E-state index contributed by atoms with van der Waals surface area (Å²) in [5.41, 5.74) is 3.23. The van der Waals surface area contributed by atoms with Crippen molar-refractivity contribution in [3.05, 3.63) is 44.8 Å². The largest absolute Gasteiger partial charge is 0.460 e. The van der Waals surface area contributed by atoms with Crippen LogP contribution in [-0.4, -0.2) is 13.2 Å². The zero-order valence-corrected chi connectivity index (χ0v) is 12.1. The van der Waals surface area contributed by atoms with Crippen LogP contribution >= 0.6 is 0 Å². The molecule has 0 N–H and O–H groups in total. The molecule has 106 valence electrons. The molecule has 0 aliphatic carbocycles. The summed E-state index contributed by atoms with van der Waals surface area (Å²) < 4.78 is 17.1. The Balaban J connectivity index is 2.38. The van der Waals surface area contributed by atoms with E-state index in [0.717, 1.165) is 17.5 Å². The van der Waals surface area contributed by atoms with E-state index in [1.807, 2.05) is 26.0 Å². The van der Waals surface area contributed by atoms with Crippen molar-refractivity contribution in [1.82, 2.24) is 0 Å². The van der Waals surface area contributed by atoms with Crippen LogP contribution in [0.4, 0.5) is 0 Å². The van der Waals surface area contributed by atoms with Crippen LogP contribution in [0.25, 0.3) is 11.0 Å². The van der Waals surface area contributed by atoms with Gasteiger partial charge in [-0.2, -0.15) is 0 Å². The summed E-state index contributed by atoms with van der Waals surface area (Å²) >= 11 is 0. The lowest BCUT2D eigenvalue weighted by atomic mass is 9.95. The number of methoxy groups -OCH3 is 1. The minimum absolute atomic E-state index is 0.0139. The van der Waals surface area contributed by atoms with E-state index in [1.54, 1.807) is 14.0 Å². The van der Waals surface area contributed by atoms with E-state index in [2.05, 4.69) is 0 Å². The minimum atomic E-state index is -0.484. The average molecular weight is 274 g/mol. The van der Waals surface area contributed by atoms with Gasteiger partial charge in [0.2, 0.25) is 0 Å². The van der Waals surface area contributed by atoms with Gasteiger partial charge in [-0.05, 0) is 38.8 Å². The molecule has 4 nitrogen and oxygen atoms in total. The zero-order valence-electron chi connectivity index (χ0n) is 12.1. The van der Waals surface area contributed by atoms with Crippen molar-refractivity contribution in [1.29, 1.82) is 0 Å². The molecule has 0 spiro atoms. The Morgan fingerprint density at radius 2 is 2.05 bits per heavy atom. The fraction of sp³-hybridized carbons (Fsp3) is 0.438. The SMILES string of the molecule is CO[C@H]1O[C@@H](C)Cc2ccc3c(=O)c(C)c(C)oc3c21. The van der Waals surface area contributed by atoms with Crippen molar-refractivity contribution < 1.29 is 13.9 Å². The van der Waals surface area contributed by atoms with Gasteiger partial charge in [0.05, 0.1) is 17.1 Å². The molecule has 2 aromatic rings. The molecule has 0 saturated carbocycles. The van der Waals surface area contributed by atoms with Crippen LogP contribution in [0, 0.1) is 13.8 Å². The molecule has 1 aromatic heterocycles. The van der Waals surface area contributed by atoms with Gasteiger partial charge in [-0.3, -0.25) is 4.79 Å². The van der Waals surface area contributed by atoms with Crippen molar-refractivity contribution in [2.45, 2.75) is 39.6 Å². The quantitative estimate of drug-likeness (QED) is 0.802. The Morgan fingerprint density at radius 1 is 1.30 bits per heavy atom. The third-order valence-corrected chi connectivity index (χ3v) is 3.97. The van der Waals surface area contributed by atoms with Gasteiger partial charge in [-0.25, -0.2) is 0 Å². The van der Waals surface area contributed by atoms with E-state index < -0.39 is 6.29 Å². The maximum atomic E-state index is 12.4. The number of aryl methyl sites for hydroxylation is 1. The minimum Gasteiger partial charge on any atom is -0.460 e. The molecule has 1 aromatic carbocycles. The monoisotopic (exact) mass is 274 g/mol. The van der Waals surface area contributed by atoms with Crippen LogP contribution in [0.2, 0.25) is 0 Å². The highest BCUT2D eigenvalue weighted by molar-refractivity contribution is 5.82.